The number of rotatable bonds is 7. The van der Waals surface area contributed by atoms with Gasteiger partial charge in [-0.25, -0.2) is 4.79 Å². The predicted octanol–water partition coefficient (Wildman–Crippen LogP) is 3.15. The Balaban J connectivity index is 1.77. The summed E-state index contributed by atoms with van der Waals surface area (Å²) in [5.41, 5.74) is 2.02. The maximum atomic E-state index is 11.3. The summed E-state index contributed by atoms with van der Waals surface area (Å²) in [4.78, 5) is 11.3. The summed E-state index contributed by atoms with van der Waals surface area (Å²) in [6.07, 6.45) is 2.92. The van der Waals surface area contributed by atoms with E-state index >= 15 is 0 Å². The first-order valence-electron chi connectivity index (χ1n) is 7.06. The highest BCUT2D eigenvalue weighted by atomic mass is 16.5. The van der Waals surface area contributed by atoms with Crippen LogP contribution in [0.25, 0.3) is 0 Å². The maximum Gasteiger partial charge on any atom is 0.333 e. The molecule has 0 N–H and O–H groups in total. The highest BCUT2D eigenvalue weighted by Crippen LogP contribution is 2.36. The van der Waals surface area contributed by atoms with Gasteiger partial charge in [0.25, 0.3) is 0 Å². The number of carbonyl (C=O) groups is 1. The van der Waals surface area contributed by atoms with Crippen molar-refractivity contribution in [2.24, 2.45) is 5.41 Å². The molecule has 0 amide bonds. The fourth-order valence-corrected chi connectivity index (χ4v) is 2.49. The van der Waals surface area contributed by atoms with Crippen molar-refractivity contribution in [1.82, 2.24) is 0 Å². The molecule has 20 heavy (non-hydrogen) atoms. The largest absolute Gasteiger partial charge is 0.462 e. The smallest absolute Gasteiger partial charge is 0.333 e. The molecule has 0 bridgehead atoms. The van der Waals surface area contributed by atoms with Gasteiger partial charge in [0.05, 0.1) is 19.8 Å². The molecule has 3 nitrogen and oxygen atoms in total. The van der Waals surface area contributed by atoms with Gasteiger partial charge in [0, 0.05) is 11.0 Å². The number of carbonyl (C=O) groups excluding carboxylic acids is 1. The third kappa shape index (κ3) is 3.94. The molecule has 108 valence electrons. The topological polar surface area (TPSA) is 35.5 Å². The van der Waals surface area contributed by atoms with E-state index in [1.165, 1.54) is 5.56 Å². The Morgan fingerprint density at radius 3 is 2.60 bits per heavy atom. The predicted molar refractivity (Wildman–Crippen MR) is 78.4 cm³/mol. The molecule has 0 unspecified atom stereocenters. The van der Waals surface area contributed by atoms with Crippen molar-refractivity contribution in [2.75, 3.05) is 19.8 Å². The molecule has 0 saturated carbocycles. The Bertz CT molecular complexity index is 460. The van der Waals surface area contributed by atoms with Gasteiger partial charge in [0.2, 0.25) is 0 Å². The van der Waals surface area contributed by atoms with Crippen molar-refractivity contribution >= 4 is 5.97 Å². The van der Waals surface area contributed by atoms with Crippen LogP contribution in [-0.2, 0) is 20.7 Å². The Kier molecular flexibility index (Phi) is 4.96. The summed E-state index contributed by atoms with van der Waals surface area (Å²) < 4.78 is 10.5. The lowest BCUT2D eigenvalue weighted by Crippen LogP contribution is -2.44. The van der Waals surface area contributed by atoms with Crippen LogP contribution in [0.1, 0.15) is 25.3 Å². The first kappa shape index (κ1) is 14.8. The van der Waals surface area contributed by atoms with E-state index in [0.29, 0.717) is 12.2 Å². The fraction of sp³-hybridized carbons (Fsp3) is 0.471. The lowest BCUT2D eigenvalue weighted by atomic mass is 9.76. The molecule has 1 aromatic rings. The van der Waals surface area contributed by atoms with Crippen LogP contribution in [0, 0.1) is 5.41 Å². The van der Waals surface area contributed by atoms with E-state index in [4.69, 9.17) is 9.47 Å². The second-order valence-electron chi connectivity index (χ2n) is 5.67. The van der Waals surface area contributed by atoms with Crippen LogP contribution in [0.15, 0.2) is 42.5 Å². The van der Waals surface area contributed by atoms with E-state index in [1.54, 1.807) is 6.92 Å². The molecule has 2 rings (SSSR count). The van der Waals surface area contributed by atoms with Crippen molar-refractivity contribution in [3.05, 3.63) is 48.0 Å². The van der Waals surface area contributed by atoms with Gasteiger partial charge in [-0.05, 0) is 31.7 Å². The van der Waals surface area contributed by atoms with Gasteiger partial charge in [-0.1, -0.05) is 36.9 Å². The van der Waals surface area contributed by atoms with Gasteiger partial charge in [-0.2, -0.15) is 0 Å². The van der Waals surface area contributed by atoms with Gasteiger partial charge >= 0.3 is 5.97 Å². The summed E-state index contributed by atoms with van der Waals surface area (Å²) in [6, 6.07) is 10.5. The van der Waals surface area contributed by atoms with E-state index in [1.807, 2.05) is 6.07 Å². The number of ether oxygens (including phenoxy) is 2. The Labute approximate surface area is 120 Å². The molecule has 0 spiro atoms. The lowest BCUT2D eigenvalue weighted by Gasteiger charge is -2.42. The van der Waals surface area contributed by atoms with Crippen LogP contribution in [-0.4, -0.2) is 25.8 Å². The molecule has 1 fully saturated rings. The average Bonchev–Trinajstić information content (AvgIpc) is 2.41. The third-order valence-corrected chi connectivity index (χ3v) is 3.67. The molecule has 3 heteroatoms. The number of esters is 1. The van der Waals surface area contributed by atoms with Crippen LogP contribution in [0.4, 0.5) is 0 Å². The maximum absolute atomic E-state index is 11.3. The summed E-state index contributed by atoms with van der Waals surface area (Å²) in [6.45, 7) is 7.30. The zero-order valence-electron chi connectivity index (χ0n) is 12.1. The molecule has 1 aromatic carbocycles. The molecule has 1 saturated heterocycles. The van der Waals surface area contributed by atoms with Crippen molar-refractivity contribution < 1.29 is 14.3 Å². The van der Waals surface area contributed by atoms with Crippen molar-refractivity contribution in [3.8, 4) is 0 Å². The first-order valence-corrected chi connectivity index (χ1v) is 7.06. The zero-order valence-corrected chi connectivity index (χ0v) is 12.1. The minimum atomic E-state index is -0.299. The van der Waals surface area contributed by atoms with Crippen molar-refractivity contribution in [2.45, 2.75) is 26.2 Å². The summed E-state index contributed by atoms with van der Waals surface area (Å²) in [5.74, 6) is -0.299. The van der Waals surface area contributed by atoms with Gasteiger partial charge in [-0.3, -0.25) is 0 Å². The highest BCUT2D eigenvalue weighted by molar-refractivity contribution is 5.86. The summed E-state index contributed by atoms with van der Waals surface area (Å²) >= 11 is 0. The normalized spacial score (nSPS) is 16.2. The first-order chi connectivity index (χ1) is 9.61. The Hall–Kier alpha value is -1.61. The monoisotopic (exact) mass is 274 g/mol. The van der Waals surface area contributed by atoms with Crippen LogP contribution in [0.3, 0.4) is 0 Å². The Morgan fingerprint density at radius 1 is 1.35 bits per heavy atom. The van der Waals surface area contributed by atoms with Gasteiger partial charge in [0.15, 0.2) is 0 Å². The Morgan fingerprint density at radius 2 is 2.05 bits per heavy atom. The van der Waals surface area contributed by atoms with Gasteiger partial charge in [-0.15, -0.1) is 0 Å². The highest BCUT2D eigenvalue weighted by Gasteiger charge is 2.37. The van der Waals surface area contributed by atoms with Crippen LogP contribution >= 0.6 is 0 Å². The minimum Gasteiger partial charge on any atom is -0.462 e. The molecule has 0 radical (unpaired) electrons. The minimum absolute atomic E-state index is 0.219. The third-order valence-electron chi connectivity index (χ3n) is 3.67. The number of hydrogen-bond acceptors (Lipinski definition) is 3. The molecule has 0 atom stereocenters. The van der Waals surface area contributed by atoms with Crippen LogP contribution in [0.2, 0.25) is 0 Å². The van der Waals surface area contributed by atoms with Crippen molar-refractivity contribution in [1.29, 1.82) is 0 Å². The van der Waals surface area contributed by atoms with E-state index in [2.05, 4.69) is 30.8 Å². The van der Waals surface area contributed by atoms with E-state index in [-0.39, 0.29) is 11.4 Å². The second kappa shape index (κ2) is 6.71. The second-order valence-corrected chi connectivity index (χ2v) is 5.67. The quantitative estimate of drug-likeness (QED) is 0.435. The summed E-state index contributed by atoms with van der Waals surface area (Å²) in [5, 5.41) is 0. The molecule has 1 heterocycles. The molecule has 0 aromatic heterocycles. The molecule has 1 aliphatic rings. The molecular formula is C17H22O3. The lowest BCUT2D eigenvalue weighted by molar-refractivity contribution is -0.141. The average molecular weight is 274 g/mol. The van der Waals surface area contributed by atoms with Crippen LogP contribution < -0.4 is 0 Å². The molecule has 0 aliphatic carbocycles. The zero-order chi connectivity index (χ0) is 14.4. The summed E-state index contributed by atoms with van der Waals surface area (Å²) in [7, 11) is 0. The van der Waals surface area contributed by atoms with Gasteiger partial charge in [0.1, 0.15) is 0 Å². The number of hydrogen-bond donors (Lipinski definition) is 0. The van der Waals surface area contributed by atoms with E-state index < -0.39 is 0 Å². The van der Waals surface area contributed by atoms with Gasteiger partial charge < -0.3 is 9.47 Å². The fourth-order valence-electron chi connectivity index (χ4n) is 2.49. The standard InChI is InChI=1S/C17H22O3/c1-14(2)16(18)20-10-6-9-17(12-19-13-17)11-15-7-4-3-5-8-15/h3-5,7-8H,1,6,9-13H2,2H3. The van der Waals surface area contributed by atoms with E-state index in [9.17, 15) is 4.79 Å². The van der Waals surface area contributed by atoms with Crippen LogP contribution in [0.5, 0.6) is 0 Å². The molecular weight excluding hydrogens is 252 g/mol. The van der Waals surface area contributed by atoms with Crippen molar-refractivity contribution in [3.63, 3.8) is 0 Å². The molecule has 1 aliphatic heterocycles. The SMILES string of the molecule is C=C(C)C(=O)OCCCC1(Cc2ccccc2)COC1. The number of benzene rings is 1. The van der Waals surface area contributed by atoms with E-state index in [0.717, 1.165) is 32.5 Å².